The molecule has 0 heterocycles. The van der Waals surface area contributed by atoms with Gasteiger partial charge in [0.2, 0.25) is 0 Å². The van der Waals surface area contributed by atoms with Crippen LogP contribution in [-0.4, -0.2) is 6.29 Å². The van der Waals surface area contributed by atoms with E-state index in [1.807, 2.05) is 12.1 Å². The van der Waals surface area contributed by atoms with E-state index in [9.17, 15) is 4.79 Å². The number of carbonyl (C=O) groups is 1. The molecule has 0 N–H and O–H groups in total. The lowest BCUT2D eigenvalue weighted by Crippen LogP contribution is -1.93. The maximum atomic E-state index is 10.6. The van der Waals surface area contributed by atoms with Gasteiger partial charge in [-0.1, -0.05) is 19.9 Å². The fourth-order valence-electron chi connectivity index (χ4n) is 1.14. The number of nitriles is 1. The molecule has 1 rings (SSSR count). The van der Waals surface area contributed by atoms with Crippen LogP contribution in [-0.2, 0) is 0 Å². The smallest absolute Gasteiger partial charge is 0.151 e. The highest BCUT2D eigenvalue weighted by Gasteiger charge is 2.04. The van der Waals surface area contributed by atoms with Crippen molar-refractivity contribution in [3.8, 4) is 6.07 Å². The predicted octanol–water partition coefficient (Wildman–Crippen LogP) is 2.49. The number of carbonyl (C=O) groups excluding carboxylic acids is 1. The van der Waals surface area contributed by atoms with Crippen molar-refractivity contribution in [2.24, 2.45) is 0 Å². The van der Waals surface area contributed by atoms with Gasteiger partial charge >= 0.3 is 0 Å². The molecule has 0 amide bonds. The summed E-state index contributed by atoms with van der Waals surface area (Å²) >= 11 is 0. The zero-order chi connectivity index (χ0) is 9.84. The first-order chi connectivity index (χ1) is 6.19. The van der Waals surface area contributed by atoms with Gasteiger partial charge < -0.3 is 0 Å². The minimum absolute atomic E-state index is 0.381. The standard InChI is InChI=1S/C11H11NO/c1-8(2)9-3-4-10(6-12)11(5-9)7-13/h3-5,7-8H,1-2H3. The number of aldehydes is 1. The summed E-state index contributed by atoms with van der Waals surface area (Å²) in [6.07, 6.45) is 0.727. The summed E-state index contributed by atoms with van der Waals surface area (Å²) in [5, 5.41) is 8.67. The lowest BCUT2D eigenvalue weighted by Gasteiger charge is -2.05. The largest absolute Gasteiger partial charge is 0.298 e. The van der Waals surface area contributed by atoms with Crippen molar-refractivity contribution in [1.29, 1.82) is 5.26 Å². The number of nitrogens with zero attached hydrogens (tertiary/aromatic N) is 1. The van der Waals surface area contributed by atoms with Crippen LogP contribution >= 0.6 is 0 Å². The molecule has 66 valence electrons. The van der Waals surface area contributed by atoms with Gasteiger partial charge in [-0.15, -0.1) is 0 Å². The molecule has 0 saturated carbocycles. The van der Waals surface area contributed by atoms with E-state index in [0.717, 1.165) is 11.8 Å². The van der Waals surface area contributed by atoms with Gasteiger partial charge in [-0.2, -0.15) is 5.26 Å². The number of benzene rings is 1. The van der Waals surface area contributed by atoms with Crippen LogP contribution in [0, 0.1) is 11.3 Å². The van der Waals surface area contributed by atoms with Crippen LogP contribution in [0.25, 0.3) is 0 Å². The third kappa shape index (κ3) is 1.94. The zero-order valence-electron chi connectivity index (χ0n) is 7.74. The molecule has 0 aliphatic rings. The third-order valence-corrected chi connectivity index (χ3v) is 1.99. The molecular weight excluding hydrogens is 162 g/mol. The Morgan fingerprint density at radius 2 is 2.15 bits per heavy atom. The van der Waals surface area contributed by atoms with Crippen LogP contribution in [0.3, 0.4) is 0 Å². The van der Waals surface area contributed by atoms with Crippen LogP contribution in [0.15, 0.2) is 18.2 Å². The van der Waals surface area contributed by atoms with Crippen molar-refractivity contribution < 1.29 is 4.79 Å². The van der Waals surface area contributed by atoms with Crippen LogP contribution in [0.1, 0.15) is 41.3 Å². The van der Waals surface area contributed by atoms with E-state index in [1.54, 1.807) is 12.1 Å². The maximum Gasteiger partial charge on any atom is 0.151 e. The fraction of sp³-hybridized carbons (Fsp3) is 0.273. The van der Waals surface area contributed by atoms with Gasteiger partial charge in [-0.3, -0.25) is 4.79 Å². The summed E-state index contributed by atoms with van der Waals surface area (Å²) in [6, 6.07) is 7.33. The molecule has 0 bridgehead atoms. The molecule has 2 heteroatoms. The normalized spacial score (nSPS) is 9.69. The Bertz CT molecular complexity index is 361. The lowest BCUT2D eigenvalue weighted by molar-refractivity contribution is 0.112. The van der Waals surface area contributed by atoms with Crippen molar-refractivity contribution in [1.82, 2.24) is 0 Å². The predicted molar refractivity (Wildman–Crippen MR) is 50.6 cm³/mol. The number of rotatable bonds is 2. The molecule has 0 atom stereocenters. The molecule has 0 aliphatic heterocycles. The average Bonchev–Trinajstić information content (AvgIpc) is 2.16. The Balaban J connectivity index is 3.22. The summed E-state index contributed by atoms with van der Waals surface area (Å²) in [4.78, 5) is 10.6. The highest BCUT2D eigenvalue weighted by molar-refractivity contribution is 5.79. The summed E-state index contributed by atoms with van der Waals surface area (Å²) in [7, 11) is 0. The van der Waals surface area contributed by atoms with Gasteiger partial charge in [-0.05, 0) is 23.6 Å². The molecule has 0 saturated heterocycles. The van der Waals surface area contributed by atoms with Gasteiger partial charge in [-0.25, -0.2) is 0 Å². The summed E-state index contributed by atoms with van der Waals surface area (Å²) in [6.45, 7) is 4.10. The molecule has 0 radical (unpaired) electrons. The first-order valence-corrected chi connectivity index (χ1v) is 4.18. The van der Waals surface area contributed by atoms with Crippen LogP contribution in [0.4, 0.5) is 0 Å². The Morgan fingerprint density at radius 3 is 2.62 bits per heavy atom. The van der Waals surface area contributed by atoms with Crippen molar-refractivity contribution in [2.45, 2.75) is 19.8 Å². The molecule has 0 fully saturated rings. The second kappa shape index (κ2) is 3.86. The molecule has 0 aliphatic carbocycles. The number of hydrogen-bond acceptors (Lipinski definition) is 2. The summed E-state index contributed by atoms with van der Waals surface area (Å²) in [5.41, 5.74) is 2.01. The van der Waals surface area contributed by atoms with Gasteiger partial charge in [0.05, 0.1) is 11.6 Å². The summed E-state index contributed by atoms with van der Waals surface area (Å²) < 4.78 is 0. The Morgan fingerprint density at radius 1 is 1.46 bits per heavy atom. The van der Waals surface area contributed by atoms with E-state index in [4.69, 9.17) is 5.26 Å². The Hall–Kier alpha value is -1.62. The Labute approximate surface area is 77.8 Å². The third-order valence-electron chi connectivity index (χ3n) is 1.99. The van der Waals surface area contributed by atoms with Gasteiger partial charge in [0.1, 0.15) is 0 Å². The maximum absolute atomic E-state index is 10.6. The van der Waals surface area contributed by atoms with E-state index in [2.05, 4.69) is 13.8 Å². The zero-order valence-corrected chi connectivity index (χ0v) is 7.74. The van der Waals surface area contributed by atoms with Gasteiger partial charge in [0.15, 0.2) is 6.29 Å². The topological polar surface area (TPSA) is 40.9 Å². The van der Waals surface area contributed by atoms with Gasteiger partial charge in [0.25, 0.3) is 0 Å². The molecule has 2 nitrogen and oxygen atoms in total. The SMILES string of the molecule is CC(C)c1ccc(C#N)c(C=O)c1. The van der Waals surface area contributed by atoms with Crippen LogP contribution in [0.2, 0.25) is 0 Å². The minimum atomic E-state index is 0.381. The fourth-order valence-corrected chi connectivity index (χ4v) is 1.14. The quantitative estimate of drug-likeness (QED) is 0.644. The van der Waals surface area contributed by atoms with E-state index in [1.165, 1.54) is 0 Å². The minimum Gasteiger partial charge on any atom is -0.298 e. The highest BCUT2D eigenvalue weighted by Crippen LogP contribution is 2.17. The van der Waals surface area contributed by atoms with Crippen molar-refractivity contribution in [3.05, 3.63) is 34.9 Å². The summed E-state index contributed by atoms with van der Waals surface area (Å²) in [5.74, 6) is 0.381. The van der Waals surface area contributed by atoms with Crippen molar-refractivity contribution in [3.63, 3.8) is 0 Å². The Kier molecular flexibility index (Phi) is 2.81. The highest BCUT2D eigenvalue weighted by atomic mass is 16.1. The average molecular weight is 173 g/mol. The monoisotopic (exact) mass is 173 g/mol. The molecule has 0 unspecified atom stereocenters. The molecule has 1 aromatic rings. The lowest BCUT2D eigenvalue weighted by atomic mass is 9.98. The molecule has 0 spiro atoms. The second-order valence-corrected chi connectivity index (χ2v) is 3.23. The van der Waals surface area contributed by atoms with Crippen LogP contribution < -0.4 is 0 Å². The van der Waals surface area contributed by atoms with Crippen molar-refractivity contribution in [2.75, 3.05) is 0 Å². The first-order valence-electron chi connectivity index (χ1n) is 4.18. The first kappa shape index (κ1) is 9.47. The molecular formula is C11H11NO. The second-order valence-electron chi connectivity index (χ2n) is 3.23. The number of hydrogen-bond donors (Lipinski definition) is 0. The van der Waals surface area contributed by atoms with E-state index >= 15 is 0 Å². The molecule has 1 aromatic carbocycles. The van der Waals surface area contributed by atoms with E-state index in [-0.39, 0.29) is 0 Å². The van der Waals surface area contributed by atoms with Gasteiger partial charge in [0, 0.05) is 5.56 Å². The molecule has 13 heavy (non-hydrogen) atoms. The van der Waals surface area contributed by atoms with Crippen LogP contribution in [0.5, 0.6) is 0 Å². The van der Waals surface area contributed by atoms with E-state index < -0.39 is 0 Å². The molecule has 0 aromatic heterocycles. The van der Waals surface area contributed by atoms with E-state index in [0.29, 0.717) is 17.0 Å². The van der Waals surface area contributed by atoms with Crippen molar-refractivity contribution >= 4 is 6.29 Å².